The molecule has 2 aromatic carbocycles. The topological polar surface area (TPSA) is 113 Å². The molecule has 10 heteroatoms. The number of Topliss-reactive ketones (excluding diaryl/α,β-unsaturated/α-hetero) is 1. The lowest BCUT2D eigenvalue weighted by Crippen LogP contribution is -2.44. The molecule has 0 spiro atoms. The molecule has 2 aliphatic rings. The van der Waals surface area contributed by atoms with Crippen molar-refractivity contribution in [2.75, 3.05) is 58.2 Å². The molecule has 0 radical (unpaired) electrons. The number of rotatable bonds is 12. The first-order valence-corrected chi connectivity index (χ1v) is 15.9. The number of primary amides is 1. The van der Waals surface area contributed by atoms with E-state index in [1.54, 1.807) is 24.4 Å². The summed E-state index contributed by atoms with van der Waals surface area (Å²) in [7, 11) is 2.14. The van der Waals surface area contributed by atoms with Gasteiger partial charge < -0.3 is 25.6 Å². The first-order valence-electron chi connectivity index (χ1n) is 15.5. The molecule has 2 aliphatic heterocycles. The highest BCUT2D eigenvalue weighted by Gasteiger charge is 2.22. The Morgan fingerprint density at radius 1 is 1.07 bits per heavy atom. The summed E-state index contributed by atoms with van der Waals surface area (Å²) in [6.45, 7) is 12.6. The number of halogens is 1. The lowest BCUT2D eigenvalue weighted by molar-refractivity contribution is -0.117. The molecule has 1 aromatic heterocycles. The minimum Gasteiger partial charge on any atom is -0.493 e. The number of ketones is 1. The number of likely N-dealkylation sites (N-methyl/N-ethyl adjacent to an activating group) is 1. The normalized spacial score (nSPS) is 16.0. The molecule has 1 saturated heterocycles. The number of piperazine rings is 1. The molecule has 1 amide bonds. The van der Waals surface area contributed by atoms with Gasteiger partial charge in [0.15, 0.2) is 0 Å². The number of fused-ring (bicyclic) bond motifs is 1. The number of aromatic nitrogens is 1. The summed E-state index contributed by atoms with van der Waals surface area (Å²) in [4.78, 5) is 39.1. The predicted octanol–water partition coefficient (Wildman–Crippen LogP) is 5.68. The van der Waals surface area contributed by atoms with Gasteiger partial charge in [0.25, 0.3) is 5.91 Å². The van der Waals surface area contributed by atoms with Crippen LogP contribution in [-0.4, -0.2) is 85.1 Å². The molecule has 5 rings (SSSR count). The molecule has 0 aliphatic carbocycles. The minimum atomic E-state index is -0.563. The van der Waals surface area contributed by atoms with Gasteiger partial charge in [-0.15, -0.1) is 0 Å². The van der Waals surface area contributed by atoms with Crippen molar-refractivity contribution in [2.24, 2.45) is 16.1 Å². The molecule has 9 nitrogen and oxygen atoms in total. The quantitative estimate of drug-likeness (QED) is 0.248. The third-order valence-corrected chi connectivity index (χ3v) is 8.64. The summed E-state index contributed by atoms with van der Waals surface area (Å²) in [6, 6.07) is 10.9. The highest BCUT2D eigenvalue weighted by atomic mass is 35.5. The van der Waals surface area contributed by atoms with E-state index in [-0.39, 0.29) is 17.6 Å². The van der Waals surface area contributed by atoms with Gasteiger partial charge in [-0.3, -0.25) is 19.6 Å². The molecular formula is C35H43ClN6O3. The highest BCUT2D eigenvalue weighted by Crippen LogP contribution is 2.32. The van der Waals surface area contributed by atoms with Crippen LogP contribution in [0.25, 0.3) is 10.9 Å². The monoisotopic (exact) mass is 630 g/mol. The van der Waals surface area contributed by atoms with Crippen molar-refractivity contribution in [1.82, 2.24) is 14.8 Å². The second-order valence-corrected chi connectivity index (χ2v) is 13.4. The average Bonchev–Trinajstić information content (AvgIpc) is 3.46. The van der Waals surface area contributed by atoms with Crippen molar-refractivity contribution in [3.8, 4) is 5.75 Å². The molecule has 238 valence electrons. The van der Waals surface area contributed by atoms with Gasteiger partial charge in [0.05, 0.1) is 24.2 Å². The van der Waals surface area contributed by atoms with Gasteiger partial charge in [-0.1, -0.05) is 38.4 Å². The van der Waals surface area contributed by atoms with Gasteiger partial charge in [0.1, 0.15) is 11.5 Å². The van der Waals surface area contributed by atoms with Gasteiger partial charge >= 0.3 is 0 Å². The third-order valence-electron chi connectivity index (χ3n) is 8.29. The van der Waals surface area contributed by atoms with Crippen molar-refractivity contribution >= 4 is 51.3 Å². The number of aliphatic imine (C=N–C) groups is 1. The molecule has 3 N–H and O–H groups in total. The number of carbonyl (C=O) groups excluding carboxylic acids is 2. The number of nitrogens with one attached hydrogen (secondary N) is 1. The standard InChI is InChI=1S/C35H43ClN6O3/c1-35(2,3)33-17-23(22-39-33)16-26(43)18-24-6-7-25(19-29(24)36)40-30-8-9-38-31-21-32(28(34(37)44)20-27(30)31)45-15-5-10-42-13-11-41(4)12-14-42/h6-9,17,19-21H,5,10-16,18,22H2,1-4H3,(H2,37,44)(H,38,40). The van der Waals surface area contributed by atoms with Crippen molar-refractivity contribution < 1.29 is 14.3 Å². The van der Waals surface area contributed by atoms with Gasteiger partial charge in [-0.25, -0.2) is 0 Å². The number of ether oxygens (including phenoxy) is 1. The van der Waals surface area contributed by atoms with E-state index in [9.17, 15) is 9.59 Å². The SMILES string of the molecule is CN1CCN(CCCOc2cc3nccc(Nc4ccc(CC(=O)CC5=CC(C(C)(C)C)=NC5)c(Cl)c4)c3cc2C(N)=O)CC1. The summed E-state index contributed by atoms with van der Waals surface area (Å²) < 4.78 is 6.05. The van der Waals surface area contributed by atoms with E-state index in [2.05, 4.69) is 59.0 Å². The summed E-state index contributed by atoms with van der Waals surface area (Å²) in [6.07, 6.45) is 5.22. The molecule has 0 saturated carbocycles. The second kappa shape index (κ2) is 14.1. The summed E-state index contributed by atoms with van der Waals surface area (Å²) in [5.41, 5.74) is 11.1. The molecule has 45 heavy (non-hydrogen) atoms. The molecule has 0 unspecified atom stereocenters. The number of benzene rings is 2. The van der Waals surface area contributed by atoms with Crippen LogP contribution < -0.4 is 15.8 Å². The van der Waals surface area contributed by atoms with Crippen LogP contribution in [0.15, 0.2) is 59.2 Å². The Morgan fingerprint density at radius 2 is 1.84 bits per heavy atom. The fraction of sp³-hybridized carbons (Fsp3) is 0.429. The van der Waals surface area contributed by atoms with Crippen LogP contribution in [0.5, 0.6) is 5.75 Å². The van der Waals surface area contributed by atoms with E-state index in [0.717, 1.165) is 72.8 Å². The maximum atomic E-state index is 12.9. The number of nitrogens with zero attached hydrogens (tertiary/aromatic N) is 4. The Labute approximate surface area is 270 Å². The smallest absolute Gasteiger partial charge is 0.252 e. The van der Waals surface area contributed by atoms with E-state index in [4.69, 9.17) is 22.1 Å². The fourth-order valence-corrected chi connectivity index (χ4v) is 5.87. The number of amides is 1. The van der Waals surface area contributed by atoms with E-state index in [1.807, 2.05) is 18.2 Å². The third kappa shape index (κ3) is 8.48. The van der Waals surface area contributed by atoms with Crippen molar-refractivity contribution in [3.63, 3.8) is 0 Å². The lowest BCUT2D eigenvalue weighted by Gasteiger charge is -2.32. The Bertz CT molecular complexity index is 1640. The van der Waals surface area contributed by atoms with E-state index in [0.29, 0.717) is 41.4 Å². The molecule has 0 bridgehead atoms. The molecular weight excluding hydrogens is 588 g/mol. The zero-order chi connectivity index (χ0) is 32.1. The largest absolute Gasteiger partial charge is 0.493 e. The number of anilines is 2. The number of hydrogen-bond acceptors (Lipinski definition) is 8. The predicted molar refractivity (Wildman–Crippen MR) is 182 cm³/mol. The van der Waals surface area contributed by atoms with Crippen LogP contribution in [-0.2, 0) is 11.2 Å². The molecule has 3 heterocycles. The van der Waals surface area contributed by atoms with Gasteiger partial charge in [-0.05, 0) is 54.9 Å². The fourth-order valence-electron chi connectivity index (χ4n) is 5.62. The number of carbonyl (C=O) groups is 2. The van der Waals surface area contributed by atoms with Gasteiger partial charge in [-0.2, -0.15) is 0 Å². The summed E-state index contributed by atoms with van der Waals surface area (Å²) >= 11 is 6.64. The maximum absolute atomic E-state index is 12.9. The van der Waals surface area contributed by atoms with Crippen molar-refractivity contribution in [3.05, 3.63) is 70.4 Å². The maximum Gasteiger partial charge on any atom is 0.252 e. The van der Waals surface area contributed by atoms with Crippen LogP contribution in [0.1, 0.15) is 49.5 Å². The van der Waals surface area contributed by atoms with Crippen LogP contribution in [0.4, 0.5) is 11.4 Å². The van der Waals surface area contributed by atoms with Crippen LogP contribution in [0.3, 0.4) is 0 Å². The zero-order valence-electron chi connectivity index (χ0n) is 26.7. The van der Waals surface area contributed by atoms with E-state index in [1.165, 1.54) is 0 Å². The second-order valence-electron chi connectivity index (χ2n) is 13.0. The number of allylic oxidation sites excluding steroid dienone is 1. The summed E-state index contributed by atoms with van der Waals surface area (Å²) in [5, 5.41) is 4.62. The molecule has 1 fully saturated rings. The minimum absolute atomic E-state index is 0.0287. The van der Waals surface area contributed by atoms with Crippen LogP contribution in [0, 0.1) is 5.41 Å². The van der Waals surface area contributed by atoms with Gasteiger partial charge in [0.2, 0.25) is 0 Å². The average molecular weight is 631 g/mol. The first kappa shape index (κ1) is 32.6. The van der Waals surface area contributed by atoms with Crippen LogP contribution in [0.2, 0.25) is 5.02 Å². The highest BCUT2D eigenvalue weighted by molar-refractivity contribution is 6.31. The Morgan fingerprint density at radius 3 is 2.53 bits per heavy atom. The van der Waals surface area contributed by atoms with Crippen molar-refractivity contribution in [2.45, 2.75) is 40.0 Å². The van der Waals surface area contributed by atoms with Crippen molar-refractivity contribution in [1.29, 1.82) is 0 Å². The molecule has 0 atom stereocenters. The number of hydrogen-bond donors (Lipinski definition) is 2. The Hall–Kier alpha value is -3.79. The first-order chi connectivity index (χ1) is 21.5. The number of nitrogens with two attached hydrogens (primary N) is 1. The van der Waals surface area contributed by atoms with E-state index < -0.39 is 5.91 Å². The van der Waals surface area contributed by atoms with Crippen LogP contribution >= 0.6 is 11.6 Å². The molecule has 3 aromatic rings. The van der Waals surface area contributed by atoms with E-state index >= 15 is 0 Å². The number of pyridine rings is 1. The summed E-state index contributed by atoms with van der Waals surface area (Å²) in [5.74, 6) is -0.0253. The van der Waals surface area contributed by atoms with Gasteiger partial charge in [0, 0.05) is 90.7 Å². The Balaban J connectivity index is 1.23. The zero-order valence-corrected chi connectivity index (χ0v) is 27.4. The lowest BCUT2D eigenvalue weighted by atomic mass is 9.89. The Kier molecular flexibility index (Phi) is 10.2.